The molecule has 2 aromatic rings. The second kappa shape index (κ2) is 7.90. The Balaban J connectivity index is 1.58. The van der Waals surface area contributed by atoms with Gasteiger partial charge in [-0.1, -0.05) is 24.3 Å². The molecule has 162 valence electrons. The third-order valence-corrected chi connectivity index (χ3v) is 5.77. The second-order valence-corrected chi connectivity index (χ2v) is 8.71. The average Bonchev–Trinajstić information content (AvgIpc) is 3.16. The predicted octanol–water partition coefficient (Wildman–Crippen LogP) is 3.04. The Labute approximate surface area is 180 Å². The Morgan fingerprint density at radius 3 is 2.61 bits per heavy atom. The molecule has 7 heteroatoms. The van der Waals surface area contributed by atoms with Crippen LogP contribution in [0.3, 0.4) is 0 Å². The van der Waals surface area contributed by atoms with Crippen LogP contribution in [0.15, 0.2) is 48.5 Å². The van der Waals surface area contributed by atoms with Crippen molar-refractivity contribution in [3.8, 4) is 0 Å². The van der Waals surface area contributed by atoms with Crippen LogP contribution in [0.2, 0.25) is 0 Å². The summed E-state index contributed by atoms with van der Waals surface area (Å²) in [6.45, 7) is 4.73. The number of primary amides is 1. The zero-order valence-corrected chi connectivity index (χ0v) is 17.8. The quantitative estimate of drug-likeness (QED) is 0.748. The third kappa shape index (κ3) is 4.24. The van der Waals surface area contributed by atoms with Crippen molar-refractivity contribution in [3.05, 3.63) is 71.0 Å². The van der Waals surface area contributed by atoms with E-state index in [0.29, 0.717) is 17.8 Å². The van der Waals surface area contributed by atoms with E-state index in [1.165, 1.54) is 12.1 Å². The molecule has 0 aromatic heterocycles. The van der Waals surface area contributed by atoms with E-state index in [1.807, 2.05) is 56.1 Å². The number of likely N-dealkylation sites (N-methyl/N-ethyl adjacent to an activating group) is 1. The van der Waals surface area contributed by atoms with Gasteiger partial charge in [0.1, 0.15) is 5.82 Å². The number of halogens is 1. The molecule has 2 heterocycles. The van der Waals surface area contributed by atoms with Crippen molar-refractivity contribution < 1.29 is 18.7 Å². The van der Waals surface area contributed by atoms with Gasteiger partial charge in [-0.3, -0.25) is 14.5 Å². The van der Waals surface area contributed by atoms with E-state index in [0.717, 1.165) is 16.7 Å². The number of hydrogen-bond donors (Lipinski definition) is 2. The Morgan fingerprint density at radius 1 is 1.23 bits per heavy atom. The van der Waals surface area contributed by atoms with Crippen molar-refractivity contribution >= 4 is 23.1 Å². The number of nitrogens with one attached hydrogen (secondary N) is 1. The minimum Gasteiger partial charge on any atom is -0.369 e. The molecule has 0 saturated heterocycles. The number of nitrogens with two attached hydrogens (primary N) is 1. The number of ether oxygens (including phenoxy) is 1. The minimum absolute atomic E-state index is 0.188. The van der Waals surface area contributed by atoms with Crippen molar-refractivity contribution in [2.45, 2.75) is 38.0 Å². The molecule has 2 aromatic carbocycles. The normalized spacial score (nSPS) is 21.7. The molecule has 6 nitrogen and oxygen atoms in total. The van der Waals surface area contributed by atoms with Gasteiger partial charge < -0.3 is 15.8 Å². The maximum absolute atomic E-state index is 13.8. The number of amides is 2. The predicted molar refractivity (Wildman–Crippen MR) is 117 cm³/mol. The van der Waals surface area contributed by atoms with Crippen LogP contribution in [0.25, 0.3) is 5.57 Å². The number of hydrogen-bond acceptors (Lipinski definition) is 4. The maximum Gasteiger partial charge on any atom is 0.234 e. The van der Waals surface area contributed by atoms with Crippen LogP contribution in [0.4, 0.5) is 10.1 Å². The highest BCUT2D eigenvalue weighted by Gasteiger charge is 2.44. The summed E-state index contributed by atoms with van der Waals surface area (Å²) < 4.78 is 20.1. The van der Waals surface area contributed by atoms with E-state index in [4.69, 9.17) is 10.5 Å². The summed E-state index contributed by atoms with van der Waals surface area (Å²) in [5.41, 5.74) is 8.92. The van der Waals surface area contributed by atoms with Crippen LogP contribution in [0.5, 0.6) is 0 Å². The number of rotatable bonds is 6. The molecule has 2 atom stereocenters. The molecule has 0 fully saturated rings. The fourth-order valence-electron chi connectivity index (χ4n) is 4.42. The molecule has 31 heavy (non-hydrogen) atoms. The van der Waals surface area contributed by atoms with Crippen LogP contribution < -0.4 is 11.1 Å². The van der Waals surface area contributed by atoms with E-state index in [-0.39, 0.29) is 24.2 Å². The largest absolute Gasteiger partial charge is 0.369 e. The summed E-state index contributed by atoms with van der Waals surface area (Å²) in [6.07, 6.45) is 1.48. The number of nitrogens with zero attached hydrogens (tertiary/aromatic N) is 1. The number of benzene rings is 2. The zero-order chi connectivity index (χ0) is 22.3. The Kier molecular flexibility index (Phi) is 5.41. The van der Waals surface area contributed by atoms with E-state index in [9.17, 15) is 14.0 Å². The standard InChI is InChI=1S/C24H26FN3O3/c1-24(2)18(15-6-4-14(5-7-15)12-28(3)13-21(26)29)11-20(31-24)22-17-10-16(25)8-9-19(17)27-23(22)30/h4-11,20,22H,12-13H2,1-3H3,(H2,26,29)(H,27,30). The van der Waals surface area contributed by atoms with Gasteiger partial charge in [0.25, 0.3) is 0 Å². The highest BCUT2D eigenvalue weighted by atomic mass is 19.1. The van der Waals surface area contributed by atoms with E-state index in [1.54, 1.807) is 6.07 Å². The molecular weight excluding hydrogens is 397 g/mol. The second-order valence-electron chi connectivity index (χ2n) is 8.71. The van der Waals surface area contributed by atoms with Gasteiger partial charge in [-0.25, -0.2) is 4.39 Å². The molecule has 2 aliphatic heterocycles. The molecule has 2 aliphatic rings. The number of carbonyl (C=O) groups is 2. The lowest BCUT2D eigenvalue weighted by molar-refractivity contribution is -0.121. The van der Waals surface area contributed by atoms with Crippen molar-refractivity contribution in [2.75, 3.05) is 18.9 Å². The Hall–Kier alpha value is -3.03. The van der Waals surface area contributed by atoms with E-state index in [2.05, 4.69) is 5.32 Å². The highest BCUT2D eigenvalue weighted by Crippen LogP contribution is 2.45. The van der Waals surface area contributed by atoms with E-state index >= 15 is 0 Å². The number of carbonyl (C=O) groups excluding carboxylic acids is 2. The first kappa shape index (κ1) is 21.2. The van der Waals surface area contributed by atoms with Crippen LogP contribution in [-0.4, -0.2) is 42.0 Å². The van der Waals surface area contributed by atoms with Gasteiger partial charge >= 0.3 is 0 Å². The molecule has 0 radical (unpaired) electrons. The fraction of sp³-hybridized carbons (Fsp3) is 0.333. The molecule has 4 rings (SSSR count). The highest BCUT2D eigenvalue weighted by molar-refractivity contribution is 6.03. The number of fused-ring (bicyclic) bond motifs is 1. The topological polar surface area (TPSA) is 84.7 Å². The van der Waals surface area contributed by atoms with Crippen LogP contribution in [-0.2, 0) is 20.9 Å². The van der Waals surface area contributed by atoms with Crippen LogP contribution in [0.1, 0.15) is 36.5 Å². The first-order valence-corrected chi connectivity index (χ1v) is 10.2. The molecular formula is C24H26FN3O3. The number of anilines is 1. The lowest BCUT2D eigenvalue weighted by Gasteiger charge is -2.26. The lowest BCUT2D eigenvalue weighted by atomic mass is 9.90. The van der Waals surface area contributed by atoms with Gasteiger partial charge in [0, 0.05) is 12.2 Å². The van der Waals surface area contributed by atoms with Crippen LogP contribution >= 0.6 is 0 Å². The smallest absolute Gasteiger partial charge is 0.234 e. The van der Waals surface area contributed by atoms with Crippen molar-refractivity contribution in [3.63, 3.8) is 0 Å². The summed E-state index contributed by atoms with van der Waals surface area (Å²) in [5, 5.41) is 2.82. The summed E-state index contributed by atoms with van der Waals surface area (Å²) in [5.74, 6) is -1.52. The van der Waals surface area contributed by atoms with Gasteiger partial charge in [-0.15, -0.1) is 0 Å². The van der Waals surface area contributed by atoms with Gasteiger partial charge in [0.05, 0.1) is 24.2 Å². The minimum atomic E-state index is -0.606. The van der Waals surface area contributed by atoms with E-state index < -0.39 is 17.6 Å². The maximum atomic E-state index is 13.8. The zero-order valence-electron chi connectivity index (χ0n) is 17.8. The van der Waals surface area contributed by atoms with Crippen LogP contribution in [0, 0.1) is 5.82 Å². The summed E-state index contributed by atoms with van der Waals surface area (Å²) in [4.78, 5) is 25.5. The molecule has 0 aliphatic carbocycles. The SMILES string of the molecule is CN(CC(N)=O)Cc1ccc(C2=CC(C3C(=O)Nc4ccc(F)cc43)OC2(C)C)cc1. The van der Waals surface area contributed by atoms with Gasteiger partial charge in [0.2, 0.25) is 11.8 Å². The fourth-order valence-corrected chi connectivity index (χ4v) is 4.42. The van der Waals surface area contributed by atoms with Crippen molar-refractivity contribution in [1.29, 1.82) is 0 Å². The molecule has 0 bridgehead atoms. The summed E-state index contributed by atoms with van der Waals surface area (Å²) in [6, 6.07) is 12.3. The first-order chi connectivity index (χ1) is 14.6. The van der Waals surface area contributed by atoms with Gasteiger partial charge in [-0.2, -0.15) is 0 Å². The van der Waals surface area contributed by atoms with Crippen molar-refractivity contribution in [1.82, 2.24) is 4.90 Å². The summed E-state index contributed by atoms with van der Waals surface area (Å²) in [7, 11) is 1.84. The molecule has 2 unspecified atom stereocenters. The van der Waals surface area contributed by atoms with Gasteiger partial charge in [-0.05, 0) is 67.4 Å². The third-order valence-electron chi connectivity index (χ3n) is 5.77. The lowest BCUT2D eigenvalue weighted by Crippen LogP contribution is -2.30. The first-order valence-electron chi connectivity index (χ1n) is 10.2. The summed E-state index contributed by atoms with van der Waals surface area (Å²) >= 11 is 0. The molecule has 0 saturated carbocycles. The average molecular weight is 423 g/mol. The Morgan fingerprint density at radius 2 is 1.94 bits per heavy atom. The molecule has 2 amide bonds. The Bertz CT molecular complexity index is 1060. The van der Waals surface area contributed by atoms with Gasteiger partial charge in [0.15, 0.2) is 0 Å². The van der Waals surface area contributed by atoms with Crippen molar-refractivity contribution in [2.24, 2.45) is 5.73 Å². The molecule has 0 spiro atoms. The molecule has 3 N–H and O–H groups in total. The monoisotopic (exact) mass is 423 g/mol.